The van der Waals surface area contributed by atoms with Gasteiger partial charge in [-0.05, 0) is 40.2 Å². The van der Waals surface area contributed by atoms with Crippen LogP contribution >= 0.6 is 23.6 Å². The first-order chi connectivity index (χ1) is 16.7. The maximum Gasteiger partial charge on any atom is 0.238 e. The van der Waals surface area contributed by atoms with Crippen molar-refractivity contribution in [2.75, 3.05) is 5.32 Å². The topological polar surface area (TPSA) is 54.0 Å². The third kappa shape index (κ3) is 4.88. The molecule has 0 aliphatic carbocycles. The van der Waals surface area contributed by atoms with Crippen LogP contribution in [0.2, 0.25) is 0 Å². The van der Waals surface area contributed by atoms with E-state index in [2.05, 4.69) is 45.9 Å². The molecule has 0 aliphatic heterocycles. The molecular formula is C28H21N3OS2. The summed E-state index contributed by atoms with van der Waals surface area (Å²) in [5.41, 5.74) is 3.70. The van der Waals surface area contributed by atoms with E-state index in [0.29, 0.717) is 5.13 Å². The van der Waals surface area contributed by atoms with E-state index >= 15 is 0 Å². The Balaban J connectivity index is 1.30. The molecule has 0 saturated carbocycles. The summed E-state index contributed by atoms with van der Waals surface area (Å²) < 4.78 is 0. The zero-order valence-electron chi connectivity index (χ0n) is 18.1. The highest BCUT2D eigenvalue weighted by molar-refractivity contribution is 7.80. The van der Waals surface area contributed by atoms with Crippen LogP contribution < -0.4 is 10.6 Å². The highest BCUT2D eigenvalue weighted by Crippen LogP contribution is 2.28. The number of thiocarbonyl (C=S) groups is 1. The number of hydrogen-bond acceptors (Lipinski definition) is 4. The van der Waals surface area contributed by atoms with Crippen LogP contribution in [0.4, 0.5) is 5.13 Å². The van der Waals surface area contributed by atoms with Crippen molar-refractivity contribution in [2.24, 2.45) is 0 Å². The lowest BCUT2D eigenvalue weighted by atomic mass is 9.90. The van der Waals surface area contributed by atoms with Crippen molar-refractivity contribution in [2.45, 2.75) is 5.92 Å². The van der Waals surface area contributed by atoms with Gasteiger partial charge in [0, 0.05) is 10.9 Å². The summed E-state index contributed by atoms with van der Waals surface area (Å²) in [5, 5.41) is 11.1. The van der Waals surface area contributed by atoms with Gasteiger partial charge in [-0.1, -0.05) is 97.1 Å². The lowest BCUT2D eigenvalue weighted by Crippen LogP contribution is -2.37. The Morgan fingerprint density at radius 2 is 1.41 bits per heavy atom. The molecule has 0 fully saturated rings. The molecule has 5 rings (SSSR count). The number of nitrogens with one attached hydrogen (secondary N) is 2. The first-order valence-corrected chi connectivity index (χ1v) is 12.1. The van der Waals surface area contributed by atoms with E-state index in [4.69, 9.17) is 12.2 Å². The van der Waals surface area contributed by atoms with Gasteiger partial charge in [0.05, 0.1) is 11.6 Å². The third-order valence-electron chi connectivity index (χ3n) is 5.53. The van der Waals surface area contributed by atoms with Gasteiger partial charge in [-0.25, -0.2) is 4.98 Å². The Morgan fingerprint density at radius 1 is 0.794 bits per heavy atom. The quantitative estimate of drug-likeness (QED) is 0.279. The number of rotatable bonds is 5. The fraction of sp³-hybridized carbons (Fsp3) is 0.0357. The Kier molecular flexibility index (Phi) is 6.42. The van der Waals surface area contributed by atoms with Crippen molar-refractivity contribution in [3.8, 4) is 11.3 Å². The van der Waals surface area contributed by atoms with Crippen molar-refractivity contribution in [1.29, 1.82) is 0 Å². The number of carbonyl (C=O) groups is 1. The van der Waals surface area contributed by atoms with Crippen LogP contribution in [0.25, 0.3) is 22.0 Å². The van der Waals surface area contributed by atoms with E-state index in [-0.39, 0.29) is 11.0 Å². The van der Waals surface area contributed by atoms with Crippen LogP contribution in [0, 0.1) is 0 Å². The van der Waals surface area contributed by atoms with Crippen molar-refractivity contribution in [1.82, 2.24) is 10.3 Å². The van der Waals surface area contributed by atoms with Gasteiger partial charge in [0.1, 0.15) is 0 Å². The summed E-state index contributed by atoms with van der Waals surface area (Å²) in [7, 11) is 0. The molecule has 0 spiro atoms. The van der Waals surface area contributed by atoms with Gasteiger partial charge in [0.2, 0.25) is 5.91 Å². The number of amides is 1. The average molecular weight is 480 g/mol. The van der Waals surface area contributed by atoms with Crippen LogP contribution in [0.5, 0.6) is 0 Å². The molecule has 0 bridgehead atoms. The van der Waals surface area contributed by atoms with Gasteiger partial charge in [-0.15, -0.1) is 11.3 Å². The summed E-state index contributed by atoms with van der Waals surface area (Å²) in [6.45, 7) is 0. The van der Waals surface area contributed by atoms with Crippen molar-refractivity contribution in [3.05, 3.63) is 120 Å². The van der Waals surface area contributed by atoms with E-state index in [1.807, 2.05) is 78.2 Å². The summed E-state index contributed by atoms with van der Waals surface area (Å²) in [6, 6.07) is 33.9. The monoisotopic (exact) mass is 479 g/mol. The third-order valence-corrected chi connectivity index (χ3v) is 6.50. The molecule has 0 atom stereocenters. The predicted octanol–water partition coefficient (Wildman–Crippen LogP) is 6.61. The molecule has 166 valence electrons. The molecule has 0 aliphatic rings. The zero-order valence-corrected chi connectivity index (χ0v) is 19.8. The summed E-state index contributed by atoms with van der Waals surface area (Å²) in [5.74, 6) is -0.659. The number of fused-ring (bicyclic) bond motifs is 1. The molecule has 5 aromatic rings. The SMILES string of the molecule is O=C(NC(=S)Nc1nc(-c2ccc3ccccc3c2)cs1)C(c1ccccc1)c1ccccc1. The number of anilines is 1. The standard InChI is InChI=1S/C28H21N3OS2/c32-26(25(20-10-3-1-4-11-20)21-12-5-2-6-13-21)30-27(33)31-28-29-24(18-34-28)23-16-15-19-9-7-8-14-22(19)17-23/h1-18,25H,(H2,29,30,31,32,33). The highest BCUT2D eigenvalue weighted by Gasteiger charge is 2.23. The normalized spacial score (nSPS) is 10.9. The Bertz CT molecular complexity index is 1410. The number of benzene rings is 4. The Morgan fingerprint density at radius 3 is 2.09 bits per heavy atom. The zero-order chi connectivity index (χ0) is 23.3. The lowest BCUT2D eigenvalue weighted by Gasteiger charge is -2.18. The van der Waals surface area contributed by atoms with Crippen molar-refractivity contribution >= 4 is 50.5 Å². The summed E-state index contributed by atoms with van der Waals surface area (Å²) in [6.07, 6.45) is 0. The molecule has 0 unspecified atom stereocenters. The van der Waals surface area contributed by atoms with E-state index < -0.39 is 5.92 Å². The maximum absolute atomic E-state index is 13.2. The second kappa shape index (κ2) is 9.95. The van der Waals surface area contributed by atoms with E-state index in [9.17, 15) is 4.79 Å². The van der Waals surface area contributed by atoms with Gasteiger partial charge in [-0.2, -0.15) is 0 Å². The van der Waals surface area contributed by atoms with Gasteiger partial charge >= 0.3 is 0 Å². The highest BCUT2D eigenvalue weighted by atomic mass is 32.1. The van der Waals surface area contributed by atoms with Gasteiger partial charge in [-0.3, -0.25) is 4.79 Å². The largest absolute Gasteiger partial charge is 0.308 e. The fourth-order valence-electron chi connectivity index (χ4n) is 3.91. The molecule has 4 aromatic carbocycles. The number of aromatic nitrogens is 1. The number of carbonyl (C=O) groups excluding carboxylic acids is 1. The fourth-order valence-corrected chi connectivity index (χ4v) is 4.90. The summed E-state index contributed by atoms with van der Waals surface area (Å²) in [4.78, 5) is 17.9. The molecule has 0 radical (unpaired) electrons. The number of hydrogen-bond donors (Lipinski definition) is 2. The molecular weight excluding hydrogens is 458 g/mol. The van der Waals surface area contributed by atoms with Gasteiger partial charge in [0.25, 0.3) is 0 Å². The summed E-state index contributed by atoms with van der Waals surface area (Å²) >= 11 is 6.89. The molecule has 4 nitrogen and oxygen atoms in total. The van der Waals surface area contributed by atoms with Crippen molar-refractivity contribution in [3.63, 3.8) is 0 Å². The molecule has 1 heterocycles. The lowest BCUT2D eigenvalue weighted by molar-refractivity contribution is -0.120. The smallest absolute Gasteiger partial charge is 0.238 e. The van der Waals surface area contributed by atoms with E-state index in [1.165, 1.54) is 16.7 Å². The minimum Gasteiger partial charge on any atom is -0.308 e. The first-order valence-electron chi connectivity index (χ1n) is 10.8. The van der Waals surface area contributed by atoms with Gasteiger partial charge in [0.15, 0.2) is 10.2 Å². The maximum atomic E-state index is 13.2. The molecule has 6 heteroatoms. The first kappa shape index (κ1) is 21.9. The minimum atomic E-state index is -0.466. The Hall–Kier alpha value is -3.87. The molecule has 2 N–H and O–H groups in total. The van der Waals surface area contributed by atoms with E-state index in [1.54, 1.807) is 0 Å². The Labute approximate surface area is 207 Å². The van der Waals surface area contributed by atoms with Crippen molar-refractivity contribution < 1.29 is 4.79 Å². The van der Waals surface area contributed by atoms with Crippen LogP contribution in [-0.2, 0) is 4.79 Å². The molecule has 34 heavy (non-hydrogen) atoms. The average Bonchev–Trinajstić information content (AvgIpc) is 3.33. The second-order valence-electron chi connectivity index (χ2n) is 7.80. The minimum absolute atomic E-state index is 0.193. The van der Waals surface area contributed by atoms with E-state index in [0.717, 1.165) is 27.8 Å². The predicted molar refractivity (Wildman–Crippen MR) is 144 cm³/mol. The second-order valence-corrected chi connectivity index (χ2v) is 9.06. The van der Waals surface area contributed by atoms with Gasteiger partial charge < -0.3 is 10.6 Å². The molecule has 0 saturated heterocycles. The van der Waals surface area contributed by atoms with Crippen LogP contribution in [0.1, 0.15) is 17.0 Å². The number of thiazole rings is 1. The van der Waals surface area contributed by atoms with Crippen LogP contribution in [-0.4, -0.2) is 16.0 Å². The van der Waals surface area contributed by atoms with Crippen LogP contribution in [0.15, 0.2) is 109 Å². The molecule has 1 amide bonds. The van der Waals surface area contributed by atoms with Crippen LogP contribution in [0.3, 0.4) is 0 Å². The molecule has 1 aromatic heterocycles. The number of nitrogens with zero attached hydrogens (tertiary/aromatic N) is 1.